The van der Waals surface area contributed by atoms with Crippen molar-refractivity contribution in [1.29, 1.82) is 0 Å². The third-order valence-electron chi connectivity index (χ3n) is 9.11. The fourth-order valence-electron chi connectivity index (χ4n) is 5.98. The van der Waals surface area contributed by atoms with E-state index >= 15 is 0 Å². The third kappa shape index (κ3) is 20.3. The lowest BCUT2D eigenvalue weighted by atomic mass is 9.99. The second-order valence-corrected chi connectivity index (χ2v) is 13.4. The van der Waals surface area contributed by atoms with Crippen molar-refractivity contribution < 1.29 is 39.8 Å². The molecule has 0 spiro atoms. The molecule has 0 aromatic carbocycles. The summed E-state index contributed by atoms with van der Waals surface area (Å²) in [4.78, 5) is 12.8. The normalized spacial score (nSPS) is 23.2. The Morgan fingerprint density at radius 2 is 1.20 bits per heavy atom. The van der Waals surface area contributed by atoms with Gasteiger partial charge in [-0.05, 0) is 19.3 Å². The number of allylic oxidation sites excluding steroid dienone is 1. The highest BCUT2D eigenvalue weighted by Crippen LogP contribution is 2.22. The van der Waals surface area contributed by atoms with Gasteiger partial charge in [0.1, 0.15) is 24.4 Å². The minimum Gasteiger partial charge on any atom is -0.394 e. The van der Waals surface area contributed by atoms with E-state index in [1.165, 1.54) is 103 Å². The molecule has 46 heavy (non-hydrogen) atoms. The van der Waals surface area contributed by atoms with Crippen molar-refractivity contribution in [3.63, 3.8) is 0 Å². The highest BCUT2D eigenvalue weighted by molar-refractivity contribution is 5.76. The van der Waals surface area contributed by atoms with Gasteiger partial charge in [0.05, 0.1) is 25.4 Å². The monoisotopic (exact) mass is 658 g/mol. The minimum absolute atomic E-state index is 0.181. The maximum atomic E-state index is 12.8. The van der Waals surface area contributed by atoms with Crippen molar-refractivity contribution in [1.82, 2.24) is 5.32 Å². The molecule has 0 saturated carbocycles. The van der Waals surface area contributed by atoms with Crippen LogP contribution in [0.5, 0.6) is 0 Å². The van der Waals surface area contributed by atoms with Gasteiger partial charge in [-0.1, -0.05) is 148 Å². The van der Waals surface area contributed by atoms with Gasteiger partial charge >= 0.3 is 0 Å². The van der Waals surface area contributed by atoms with Crippen LogP contribution in [0.1, 0.15) is 162 Å². The molecule has 9 heteroatoms. The van der Waals surface area contributed by atoms with Crippen LogP contribution in [0.3, 0.4) is 0 Å². The van der Waals surface area contributed by atoms with E-state index < -0.39 is 49.5 Å². The molecule has 0 aromatic heterocycles. The van der Waals surface area contributed by atoms with E-state index in [-0.39, 0.29) is 12.5 Å². The van der Waals surface area contributed by atoms with Crippen molar-refractivity contribution in [3.8, 4) is 0 Å². The van der Waals surface area contributed by atoms with Crippen molar-refractivity contribution in [2.45, 2.75) is 204 Å². The molecule has 1 aliphatic rings. The number of aliphatic hydroxyl groups is 5. The standard InChI is InChI=1S/C37H71NO8/c1-3-5-7-9-11-13-15-16-17-18-20-22-24-26-31(40)30(29-45-37-36(44)35(43)34(42)32(28-39)46-37)38-33(41)27-25-23-21-19-14-12-10-8-6-4-2/h24,26,30-32,34-37,39-40,42-44H,3-23,25,27-29H2,1-2H3,(H,38,41)/b26-24+/t30-,31+,32+,34+,35?,36?,37+/m0/s1. The maximum Gasteiger partial charge on any atom is 0.220 e. The van der Waals surface area contributed by atoms with Gasteiger partial charge in [-0.3, -0.25) is 4.79 Å². The number of hydrogen-bond acceptors (Lipinski definition) is 8. The number of carbonyl (C=O) groups is 1. The highest BCUT2D eigenvalue weighted by Gasteiger charge is 2.44. The van der Waals surface area contributed by atoms with E-state index in [1.54, 1.807) is 6.08 Å². The number of amides is 1. The van der Waals surface area contributed by atoms with E-state index in [1.807, 2.05) is 6.08 Å². The molecule has 272 valence electrons. The summed E-state index contributed by atoms with van der Waals surface area (Å²) in [6.07, 6.45) is 22.5. The molecule has 1 rings (SSSR count). The predicted molar refractivity (Wildman–Crippen MR) is 184 cm³/mol. The molecule has 0 aliphatic carbocycles. The average Bonchev–Trinajstić information content (AvgIpc) is 3.05. The topological polar surface area (TPSA) is 149 Å². The molecule has 0 bridgehead atoms. The first-order chi connectivity index (χ1) is 22.3. The summed E-state index contributed by atoms with van der Waals surface area (Å²) >= 11 is 0. The van der Waals surface area contributed by atoms with Crippen LogP contribution in [0.4, 0.5) is 0 Å². The Balaban J connectivity index is 2.48. The minimum atomic E-state index is -1.56. The second-order valence-electron chi connectivity index (χ2n) is 13.4. The molecule has 0 radical (unpaired) electrons. The average molecular weight is 658 g/mol. The summed E-state index contributed by atoms with van der Waals surface area (Å²) in [6.45, 7) is 3.73. The first-order valence-electron chi connectivity index (χ1n) is 18.9. The molecule has 1 saturated heterocycles. The zero-order valence-electron chi connectivity index (χ0n) is 29.3. The smallest absolute Gasteiger partial charge is 0.220 e. The van der Waals surface area contributed by atoms with Gasteiger partial charge < -0.3 is 40.3 Å². The summed E-state index contributed by atoms with van der Waals surface area (Å²) in [5.74, 6) is -0.181. The van der Waals surface area contributed by atoms with Crippen molar-refractivity contribution >= 4 is 5.91 Å². The van der Waals surface area contributed by atoms with Crippen LogP contribution in [0.25, 0.3) is 0 Å². The highest BCUT2D eigenvalue weighted by atomic mass is 16.7. The van der Waals surface area contributed by atoms with Crippen LogP contribution in [0, 0.1) is 0 Å². The zero-order chi connectivity index (χ0) is 33.8. The van der Waals surface area contributed by atoms with Crippen LogP contribution < -0.4 is 5.32 Å². The van der Waals surface area contributed by atoms with Crippen LogP contribution >= 0.6 is 0 Å². The number of rotatable bonds is 30. The third-order valence-corrected chi connectivity index (χ3v) is 9.11. The molecule has 1 amide bonds. The molecule has 1 heterocycles. The van der Waals surface area contributed by atoms with Gasteiger partial charge in [-0.2, -0.15) is 0 Å². The SMILES string of the molecule is CCCCCCCCCCCCC/C=C/[C@@H](O)[C@H](CO[C@@H]1O[C@H](CO)[C@@H](O)C(O)C1O)NC(=O)CCCCCCCCCCCC. The van der Waals surface area contributed by atoms with Crippen LogP contribution in [-0.4, -0.2) is 87.5 Å². The Hall–Kier alpha value is -1.07. The largest absolute Gasteiger partial charge is 0.394 e. The second kappa shape index (κ2) is 28.9. The molecular formula is C37H71NO8. The Morgan fingerprint density at radius 3 is 1.70 bits per heavy atom. The van der Waals surface area contributed by atoms with Gasteiger partial charge in [-0.15, -0.1) is 0 Å². The van der Waals surface area contributed by atoms with E-state index in [4.69, 9.17) is 9.47 Å². The number of nitrogens with one attached hydrogen (secondary N) is 1. The van der Waals surface area contributed by atoms with Crippen LogP contribution in [0.2, 0.25) is 0 Å². The summed E-state index contributed by atoms with van der Waals surface area (Å²) in [7, 11) is 0. The lowest BCUT2D eigenvalue weighted by molar-refractivity contribution is -0.302. The Morgan fingerprint density at radius 1 is 0.717 bits per heavy atom. The lowest BCUT2D eigenvalue weighted by Gasteiger charge is -2.40. The van der Waals surface area contributed by atoms with Crippen molar-refractivity contribution in [2.24, 2.45) is 0 Å². The summed E-state index contributed by atoms with van der Waals surface area (Å²) in [6, 6.07) is -0.795. The molecule has 2 unspecified atom stereocenters. The molecular weight excluding hydrogens is 586 g/mol. The fraction of sp³-hybridized carbons (Fsp3) is 0.919. The molecule has 7 atom stereocenters. The van der Waals surface area contributed by atoms with E-state index in [0.717, 1.165) is 38.5 Å². The van der Waals surface area contributed by atoms with Crippen molar-refractivity contribution in [2.75, 3.05) is 13.2 Å². The zero-order valence-corrected chi connectivity index (χ0v) is 29.3. The Bertz CT molecular complexity index is 736. The Kier molecular flexibility index (Phi) is 27.0. The predicted octanol–water partition coefficient (Wildman–Crippen LogP) is 6.22. The van der Waals surface area contributed by atoms with Crippen molar-refractivity contribution in [3.05, 3.63) is 12.2 Å². The number of aliphatic hydroxyl groups excluding tert-OH is 5. The van der Waals surface area contributed by atoms with Gasteiger partial charge in [0.25, 0.3) is 0 Å². The van der Waals surface area contributed by atoms with Gasteiger partial charge in [0, 0.05) is 6.42 Å². The number of unbranched alkanes of at least 4 members (excludes halogenated alkanes) is 20. The van der Waals surface area contributed by atoms with E-state index in [9.17, 15) is 30.3 Å². The molecule has 1 aliphatic heterocycles. The molecule has 1 fully saturated rings. The maximum absolute atomic E-state index is 12.8. The van der Waals surface area contributed by atoms with E-state index in [0.29, 0.717) is 6.42 Å². The quantitative estimate of drug-likeness (QED) is 0.0394. The first kappa shape index (κ1) is 43.0. The number of carbonyl (C=O) groups excluding carboxylic acids is 1. The molecule has 0 aromatic rings. The molecule has 9 nitrogen and oxygen atoms in total. The summed E-state index contributed by atoms with van der Waals surface area (Å²) in [5, 5.41) is 53.8. The van der Waals surface area contributed by atoms with Gasteiger partial charge in [0.2, 0.25) is 5.91 Å². The fourth-order valence-corrected chi connectivity index (χ4v) is 5.98. The lowest BCUT2D eigenvalue weighted by Crippen LogP contribution is -2.60. The van der Waals surface area contributed by atoms with Crippen LogP contribution in [0.15, 0.2) is 12.2 Å². The number of hydrogen-bond donors (Lipinski definition) is 6. The first-order valence-corrected chi connectivity index (χ1v) is 18.9. The summed E-state index contributed by atoms with van der Waals surface area (Å²) < 4.78 is 11.1. The summed E-state index contributed by atoms with van der Waals surface area (Å²) in [5.41, 5.74) is 0. The van der Waals surface area contributed by atoms with Gasteiger partial charge in [0.15, 0.2) is 6.29 Å². The number of ether oxygens (including phenoxy) is 2. The van der Waals surface area contributed by atoms with Crippen LogP contribution in [-0.2, 0) is 14.3 Å². The Labute approximate surface area is 280 Å². The van der Waals surface area contributed by atoms with E-state index in [2.05, 4.69) is 19.2 Å². The molecule has 6 N–H and O–H groups in total. The van der Waals surface area contributed by atoms with Gasteiger partial charge in [-0.25, -0.2) is 0 Å².